The van der Waals surface area contributed by atoms with Gasteiger partial charge in [-0.1, -0.05) is 32.0 Å². The third-order valence-corrected chi connectivity index (χ3v) is 4.05. The molecule has 2 heterocycles. The smallest absolute Gasteiger partial charge is 0.144 e. The van der Waals surface area contributed by atoms with Crippen LogP contribution in [0.5, 0.6) is 0 Å². The van der Waals surface area contributed by atoms with Crippen LogP contribution in [0.1, 0.15) is 31.4 Å². The fraction of sp³-hybridized carbons (Fsp3) is 0.400. The Labute approximate surface area is 102 Å². The van der Waals surface area contributed by atoms with Crippen LogP contribution in [0.4, 0.5) is 5.69 Å². The molecule has 0 amide bonds. The Morgan fingerprint density at radius 1 is 1.35 bits per heavy atom. The van der Waals surface area contributed by atoms with Gasteiger partial charge in [-0.25, -0.2) is 0 Å². The van der Waals surface area contributed by atoms with E-state index < -0.39 is 0 Å². The molecule has 0 radical (unpaired) electrons. The highest BCUT2D eigenvalue weighted by Gasteiger charge is 2.41. The number of carbonyl (C=O) groups excluding carboxylic acids is 1. The first kappa shape index (κ1) is 10.6. The molecule has 0 aliphatic carbocycles. The van der Waals surface area contributed by atoms with E-state index in [-0.39, 0.29) is 5.41 Å². The quantitative estimate of drug-likeness (QED) is 0.543. The van der Waals surface area contributed by atoms with Gasteiger partial charge in [0.15, 0.2) is 0 Å². The summed E-state index contributed by atoms with van der Waals surface area (Å²) in [6, 6.07) is 6.55. The molecule has 0 fully saturated rings. The second-order valence-corrected chi connectivity index (χ2v) is 5.38. The van der Waals surface area contributed by atoms with Crippen LogP contribution in [0.3, 0.4) is 0 Å². The summed E-state index contributed by atoms with van der Waals surface area (Å²) in [6.07, 6.45) is 4.97. The predicted molar refractivity (Wildman–Crippen MR) is 69.3 cm³/mol. The van der Waals surface area contributed by atoms with Crippen molar-refractivity contribution in [2.75, 3.05) is 11.4 Å². The van der Waals surface area contributed by atoms with Crippen LogP contribution in [0.2, 0.25) is 0 Å². The van der Waals surface area contributed by atoms with Gasteiger partial charge in [0.1, 0.15) is 6.29 Å². The summed E-state index contributed by atoms with van der Waals surface area (Å²) in [5, 5.41) is 0. The van der Waals surface area contributed by atoms with E-state index in [0.717, 1.165) is 24.9 Å². The van der Waals surface area contributed by atoms with Gasteiger partial charge < -0.3 is 4.90 Å². The second-order valence-electron chi connectivity index (χ2n) is 5.38. The topological polar surface area (TPSA) is 20.3 Å². The highest BCUT2D eigenvalue weighted by Crippen LogP contribution is 2.50. The van der Waals surface area contributed by atoms with E-state index in [1.807, 2.05) is 0 Å². The van der Waals surface area contributed by atoms with Crippen LogP contribution < -0.4 is 4.90 Å². The lowest BCUT2D eigenvalue weighted by molar-refractivity contribution is -0.104. The van der Waals surface area contributed by atoms with Crippen LogP contribution in [0.25, 0.3) is 0 Å². The Kier molecular flexibility index (Phi) is 2.15. The Morgan fingerprint density at radius 2 is 2.18 bits per heavy atom. The Hall–Kier alpha value is -1.57. The summed E-state index contributed by atoms with van der Waals surface area (Å²) < 4.78 is 0. The maximum Gasteiger partial charge on any atom is 0.144 e. The first-order chi connectivity index (χ1) is 8.16. The van der Waals surface area contributed by atoms with E-state index in [1.165, 1.54) is 23.2 Å². The largest absolute Gasteiger partial charge is 0.344 e. The average molecular weight is 227 g/mol. The number of aryl methyl sites for hydroxylation is 1. The van der Waals surface area contributed by atoms with Crippen LogP contribution in [0.15, 0.2) is 30.0 Å². The van der Waals surface area contributed by atoms with E-state index in [2.05, 4.69) is 36.9 Å². The molecule has 0 bridgehead atoms. The van der Waals surface area contributed by atoms with E-state index in [4.69, 9.17) is 0 Å². The van der Waals surface area contributed by atoms with Crippen molar-refractivity contribution in [1.82, 2.24) is 0 Å². The molecule has 17 heavy (non-hydrogen) atoms. The predicted octanol–water partition coefficient (Wildman–Crippen LogP) is 2.81. The van der Waals surface area contributed by atoms with Gasteiger partial charge in [0.05, 0.1) is 0 Å². The van der Waals surface area contributed by atoms with Crippen molar-refractivity contribution in [3.63, 3.8) is 0 Å². The molecule has 0 unspecified atom stereocenters. The third kappa shape index (κ3) is 1.30. The average Bonchev–Trinajstić information content (AvgIpc) is 2.54. The molecule has 3 rings (SSSR count). The standard InChI is InChI=1S/C15H17NO/c1-15(2)12-7-3-5-11-6-4-9-16(14(11)12)13(15)8-10-17/h3,5,7-8,10H,4,6,9H2,1-2H3/b13-8+. The molecule has 2 aliphatic heterocycles. The maximum atomic E-state index is 10.9. The normalized spacial score (nSPS) is 22.7. The molecular weight excluding hydrogens is 210 g/mol. The summed E-state index contributed by atoms with van der Waals surface area (Å²) in [7, 11) is 0. The van der Waals surface area contributed by atoms with Crippen molar-refractivity contribution in [3.8, 4) is 0 Å². The van der Waals surface area contributed by atoms with Gasteiger partial charge in [-0.2, -0.15) is 0 Å². The van der Waals surface area contributed by atoms with Gasteiger partial charge in [0.25, 0.3) is 0 Å². The van der Waals surface area contributed by atoms with Crippen molar-refractivity contribution in [2.24, 2.45) is 0 Å². The minimum atomic E-state index is -0.0450. The SMILES string of the molecule is CC1(C)/C(=C\C=O)N2CCCc3cccc1c32. The maximum absolute atomic E-state index is 10.9. The van der Waals surface area contributed by atoms with Gasteiger partial charge in [-0.05, 0) is 30.0 Å². The van der Waals surface area contributed by atoms with Crippen molar-refractivity contribution in [3.05, 3.63) is 41.1 Å². The molecule has 0 atom stereocenters. The molecule has 2 nitrogen and oxygen atoms in total. The van der Waals surface area contributed by atoms with Crippen LogP contribution >= 0.6 is 0 Å². The number of anilines is 1. The molecule has 0 N–H and O–H groups in total. The Morgan fingerprint density at radius 3 is 2.94 bits per heavy atom. The van der Waals surface area contributed by atoms with Gasteiger partial charge in [0, 0.05) is 23.3 Å². The molecule has 1 aromatic carbocycles. The van der Waals surface area contributed by atoms with Gasteiger partial charge in [0.2, 0.25) is 0 Å². The number of aldehydes is 1. The minimum Gasteiger partial charge on any atom is -0.344 e. The lowest BCUT2D eigenvalue weighted by Gasteiger charge is -2.29. The highest BCUT2D eigenvalue weighted by atomic mass is 16.1. The molecule has 0 saturated carbocycles. The van der Waals surface area contributed by atoms with Crippen molar-refractivity contribution in [1.29, 1.82) is 0 Å². The number of rotatable bonds is 1. The number of para-hydroxylation sites is 1. The molecule has 2 aliphatic rings. The first-order valence-electron chi connectivity index (χ1n) is 6.22. The number of nitrogens with zero attached hydrogens (tertiary/aromatic N) is 1. The minimum absolute atomic E-state index is 0.0450. The van der Waals surface area contributed by atoms with Crippen molar-refractivity contribution < 1.29 is 4.79 Å². The van der Waals surface area contributed by atoms with Gasteiger partial charge in [-0.15, -0.1) is 0 Å². The molecule has 0 aromatic heterocycles. The molecule has 88 valence electrons. The van der Waals surface area contributed by atoms with E-state index in [1.54, 1.807) is 6.08 Å². The second kappa shape index (κ2) is 3.46. The van der Waals surface area contributed by atoms with Crippen LogP contribution in [0, 0.1) is 0 Å². The number of allylic oxidation sites excluding steroid dienone is 2. The van der Waals surface area contributed by atoms with Crippen LogP contribution in [-0.4, -0.2) is 12.8 Å². The van der Waals surface area contributed by atoms with Crippen molar-refractivity contribution in [2.45, 2.75) is 32.1 Å². The molecule has 0 spiro atoms. The zero-order valence-electron chi connectivity index (χ0n) is 10.4. The van der Waals surface area contributed by atoms with E-state index in [0.29, 0.717) is 0 Å². The molecular formula is C15H17NO. The van der Waals surface area contributed by atoms with Gasteiger partial charge in [-0.3, -0.25) is 4.79 Å². The van der Waals surface area contributed by atoms with Gasteiger partial charge >= 0.3 is 0 Å². The first-order valence-corrected chi connectivity index (χ1v) is 6.22. The summed E-state index contributed by atoms with van der Waals surface area (Å²) in [6.45, 7) is 5.44. The fourth-order valence-electron chi connectivity index (χ4n) is 3.23. The third-order valence-electron chi connectivity index (χ3n) is 4.05. The summed E-state index contributed by atoms with van der Waals surface area (Å²) in [4.78, 5) is 13.2. The molecule has 0 saturated heterocycles. The summed E-state index contributed by atoms with van der Waals surface area (Å²) in [5.74, 6) is 0. The number of carbonyl (C=O) groups is 1. The lowest BCUT2D eigenvalue weighted by Crippen LogP contribution is -2.29. The zero-order valence-corrected chi connectivity index (χ0v) is 10.4. The van der Waals surface area contributed by atoms with E-state index in [9.17, 15) is 4.79 Å². The molecule has 2 heteroatoms. The number of hydrogen-bond acceptors (Lipinski definition) is 2. The van der Waals surface area contributed by atoms with Crippen molar-refractivity contribution >= 4 is 12.0 Å². The monoisotopic (exact) mass is 227 g/mol. The summed E-state index contributed by atoms with van der Waals surface area (Å²) in [5.41, 5.74) is 5.25. The van der Waals surface area contributed by atoms with E-state index >= 15 is 0 Å². The molecule has 1 aromatic rings. The lowest BCUT2D eigenvalue weighted by atomic mass is 9.83. The number of hydrogen-bond donors (Lipinski definition) is 0. The zero-order chi connectivity index (χ0) is 12.0. The number of benzene rings is 1. The Bertz CT molecular complexity index is 514. The van der Waals surface area contributed by atoms with Crippen LogP contribution in [-0.2, 0) is 16.6 Å². The summed E-state index contributed by atoms with van der Waals surface area (Å²) >= 11 is 0. The Balaban J connectivity index is 2.28. The fourth-order valence-corrected chi connectivity index (χ4v) is 3.23. The highest BCUT2D eigenvalue weighted by molar-refractivity contribution is 5.79.